The van der Waals surface area contributed by atoms with Gasteiger partial charge in [-0.1, -0.05) is 31.2 Å². The lowest BCUT2D eigenvalue weighted by molar-refractivity contribution is -0.139. The average molecular weight is 393 g/mol. The summed E-state index contributed by atoms with van der Waals surface area (Å²) in [4.78, 5) is 33.3. The number of pyridine rings is 1. The topological polar surface area (TPSA) is 73.7 Å². The minimum Gasteiger partial charge on any atom is -0.507 e. The van der Waals surface area contributed by atoms with Crippen molar-refractivity contribution >= 4 is 17.4 Å². The van der Waals surface area contributed by atoms with Crippen LogP contribution in [0.4, 0.5) is 0 Å². The highest BCUT2D eigenvalue weighted by Crippen LogP contribution is 2.39. The molecule has 1 aromatic heterocycles. The zero-order valence-electron chi connectivity index (χ0n) is 17.1. The fourth-order valence-electron chi connectivity index (χ4n) is 3.62. The number of aliphatic hydroxyl groups excluding tert-OH is 1. The zero-order valence-corrected chi connectivity index (χ0v) is 17.1. The first kappa shape index (κ1) is 20.7. The number of aromatic nitrogens is 1. The summed E-state index contributed by atoms with van der Waals surface area (Å²) in [5.41, 5.74) is 2.60. The summed E-state index contributed by atoms with van der Waals surface area (Å²) in [6.07, 6.45) is 4.74. The molecule has 0 saturated carbocycles. The van der Waals surface area contributed by atoms with Crippen LogP contribution in [-0.2, 0) is 16.0 Å². The van der Waals surface area contributed by atoms with Crippen molar-refractivity contribution in [3.8, 4) is 0 Å². The van der Waals surface area contributed by atoms with Crippen molar-refractivity contribution in [2.45, 2.75) is 25.8 Å². The molecule has 1 saturated heterocycles. The third kappa shape index (κ3) is 4.38. The predicted molar refractivity (Wildman–Crippen MR) is 112 cm³/mol. The number of nitrogens with zero attached hydrogens (tertiary/aromatic N) is 3. The van der Waals surface area contributed by atoms with E-state index in [1.165, 1.54) is 5.56 Å². The Morgan fingerprint density at radius 2 is 1.76 bits per heavy atom. The molecule has 0 aliphatic carbocycles. The van der Waals surface area contributed by atoms with Crippen molar-refractivity contribution in [2.75, 3.05) is 27.2 Å². The second kappa shape index (κ2) is 9.01. The number of likely N-dealkylation sites (tertiary alicyclic amines) is 1. The third-order valence-electron chi connectivity index (χ3n) is 5.20. The number of Topliss-reactive ketones (excluding diaryl/α,β-unsaturated/α-hetero) is 1. The van der Waals surface area contributed by atoms with E-state index in [9.17, 15) is 14.7 Å². The maximum atomic E-state index is 12.9. The van der Waals surface area contributed by atoms with Crippen molar-refractivity contribution < 1.29 is 14.7 Å². The van der Waals surface area contributed by atoms with E-state index >= 15 is 0 Å². The maximum absolute atomic E-state index is 12.9. The number of carbonyl (C=O) groups is 2. The first-order valence-corrected chi connectivity index (χ1v) is 9.86. The number of hydrogen-bond acceptors (Lipinski definition) is 5. The van der Waals surface area contributed by atoms with Gasteiger partial charge in [0.05, 0.1) is 11.6 Å². The molecule has 0 spiro atoms. The number of benzene rings is 1. The van der Waals surface area contributed by atoms with E-state index in [0.717, 1.165) is 24.9 Å². The molecule has 2 aromatic rings. The van der Waals surface area contributed by atoms with Crippen LogP contribution in [0.15, 0.2) is 54.4 Å². The summed E-state index contributed by atoms with van der Waals surface area (Å²) in [7, 11) is 3.94. The van der Waals surface area contributed by atoms with Gasteiger partial charge in [-0.25, -0.2) is 0 Å². The van der Waals surface area contributed by atoms with Crippen LogP contribution in [-0.4, -0.2) is 58.8 Å². The van der Waals surface area contributed by atoms with Gasteiger partial charge in [0.15, 0.2) is 0 Å². The number of aryl methyl sites for hydroxylation is 1. The number of aliphatic hydroxyl groups is 1. The third-order valence-corrected chi connectivity index (χ3v) is 5.20. The first-order valence-electron chi connectivity index (χ1n) is 9.86. The van der Waals surface area contributed by atoms with E-state index in [0.29, 0.717) is 12.1 Å². The van der Waals surface area contributed by atoms with Crippen LogP contribution in [0.1, 0.15) is 36.1 Å². The molecule has 152 valence electrons. The summed E-state index contributed by atoms with van der Waals surface area (Å²) < 4.78 is 0. The quantitative estimate of drug-likeness (QED) is 0.445. The van der Waals surface area contributed by atoms with Gasteiger partial charge in [0.2, 0.25) is 0 Å². The monoisotopic (exact) mass is 393 g/mol. The van der Waals surface area contributed by atoms with Crippen LogP contribution in [0.2, 0.25) is 0 Å². The SMILES string of the molecule is CCc1ccc(C2C(=C(O)c3ccncc3)C(=O)C(=O)N2CCCN(C)C)cc1. The molecular weight excluding hydrogens is 366 g/mol. The van der Waals surface area contributed by atoms with Gasteiger partial charge in [0, 0.05) is 24.5 Å². The normalized spacial score (nSPS) is 18.6. The molecule has 1 fully saturated rings. The van der Waals surface area contributed by atoms with E-state index in [4.69, 9.17) is 0 Å². The lowest BCUT2D eigenvalue weighted by Crippen LogP contribution is -2.32. The number of ketones is 1. The summed E-state index contributed by atoms with van der Waals surface area (Å²) in [6.45, 7) is 3.32. The molecule has 1 aliphatic rings. The van der Waals surface area contributed by atoms with Gasteiger partial charge in [-0.2, -0.15) is 0 Å². The number of rotatable bonds is 7. The minimum absolute atomic E-state index is 0.135. The molecule has 29 heavy (non-hydrogen) atoms. The van der Waals surface area contributed by atoms with Crippen LogP contribution in [0.5, 0.6) is 0 Å². The molecule has 1 amide bonds. The Kier molecular flexibility index (Phi) is 6.44. The number of hydrogen-bond donors (Lipinski definition) is 1. The van der Waals surface area contributed by atoms with Crippen LogP contribution < -0.4 is 0 Å². The van der Waals surface area contributed by atoms with Gasteiger partial charge < -0.3 is 14.9 Å². The average Bonchev–Trinajstić information content (AvgIpc) is 2.98. The Labute approximate surface area is 171 Å². The lowest BCUT2D eigenvalue weighted by Gasteiger charge is -2.26. The fourth-order valence-corrected chi connectivity index (χ4v) is 3.62. The molecule has 6 nitrogen and oxygen atoms in total. The fraction of sp³-hybridized carbons (Fsp3) is 0.348. The summed E-state index contributed by atoms with van der Waals surface area (Å²) in [6, 6.07) is 10.5. The summed E-state index contributed by atoms with van der Waals surface area (Å²) in [5.74, 6) is -1.37. The second-order valence-corrected chi connectivity index (χ2v) is 7.48. The lowest BCUT2D eigenvalue weighted by atomic mass is 9.94. The molecule has 0 radical (unpaired) electrons. The Hall–Kier alpha value is -2.99. The van der Waals surface area contributed by atoms with Gasteiger partial charge in [-0.3, -0.25) is 14.6 Å². The molecule has 3 rings (SSSR count). The van der Waals surface area contributed by atoms with E-state index in [2.05, 4.69) is 11.9 Å². The number of carbonyl (C=O) groups excluding carboxylic acids is 2. The summed E-state index contributed by atoms with van der Waals surface area (Å²) >= 11 is 0. The van der Waals surface area contributed by atoms with Crippen molar-refractivity contribution in [1.82, 2.24) is 14.8 Å². The largest absolute Gasteiger partial charge is 0.507 e. The Bertz CT molecular complexity index is 905. The zero-order chi connectivity index (χ0) is 21.0. The Morgan fingerprint density at radius 3 is 2.34 bits per heavy atom. The second-order valence-electron chi connectivity index (χ2n) is 7.48. The highest BCUT2D eigenvalue weighted by Gasteiger charge is 2.45. The number of amides is 1. The molecule has 1 N–H and O–H groups in total. The molecule has 1 aromatic carbocycles. The van der Waals surface area contributed by atoms with Crippen molar-refractivity contribution in [3.05, 3.63) is 71.1 Å². The highest BCUT2D eigenvalue weighted by molar-refractivity contribution is 6.46. The molecule has 1 atom stereocenters. The van der Waals surface area contributed by atoms with Crippen molar-refractivity contribution in [1.29, 1.82) is 0 Å². The van der Waals surface area contributed by atoms with E-state index in [1.54, 1.807) is 29.4 Å². The van der Waals surface area contributed by atoms with Gasteiger partial charge in [0.25, 0.3) is 11.7 Å². The van der Waals surface area contributed by atoms with Crippen molar-refractivity contribution in [3.63, 3.8) is 0 Å². The maximum Gasteiger partial charge on any atom is 0.295 e. The molecular formula is C23H27N3O3. The molecule has 2 heterocycles. The molecule has 0 bridgehead atoms. The molecule has 1 aliphatic heterocycles. The van der Waals surface area contributed by atoms with Gasteiger partial charge in [0.1, 0.15) is 5.76 Å². The van der Waals surface area contributed by atoms with E-state index < -0.39 is 17.7 Å². The van der Waals surface area contributed by atoms with Gasteiger partial charge in [-0.15, -0.1) is 0 Å². The van der Waals surface area contributed by atoms with Crippen molar-refractivity contribution in [2.24, 2.45) is 0 Å². The smallest absolute Gasteiger partial charge is 0.295 e. The highest BCUT2D eigenvalue weighted by atomic mass is 16.3. The van der Waals surface area contributed by atoms with Gasteiger partial charge in [-0.05, 0) is 56.7 Å². The molecule has 6 heteroatoms. The Balaban J connectivity index is 2.06. The van der Waals surface area contributed by atoms with E-state index in [-0.39, 0.29) is 11.3 Å². The minimum atomic E-state index is -0.645. The van der Waals surface area contributed by atoms with Crippen LogP contribution in [0, 0.1) is 0 Å². The predicted octanol–water partition coefficient (Wildman–Crippen LogP) is 3.02. The van der Waals surface area contributed by atoms with Crippen LogP contribution >= 0.6 is 0 Å². The van der Waals surface area contributed by atoms with E-state index in [1.807, 2.05) is 43.3 Å². The van der Waals surface area contributed by atoms with Gasteiger partial charge >= 0.3 is 0 Å². The standard InChI is InChI=1S/C23H27N3O3/c1-4-16-6-8-17(9-7-16)20-19(21(27)18-10-12-24-13-11-18)22(28)23(29)26(20)15-5-14-25(2)3/h6-13,20,27H,4-5,14-15H2,1-3H3. The Morgan fingerprint density at radius 1 is 1.10 bits per heavy atom. The van der Waals surface area contributed by atoms with Crippen LogP contribution in [0.25, 0.3) is 5.76 Å². The summed E-state index contributed by atoms with van der Waals surface area (Å²) in [5, 5.41) is 10.9. The van der Waals surface area contributed by atoms with Crippen LogP contribution in [0.3, 0.4) is 0 Å². The molecule has 1 unspecified atom stereocenters. The first-order chi connectivity index (χ1) is 13.9.